The van der Waals surface area contributed by atoms with Crippen LogP contribution < -0.4 is 4.74 Å². The van der Waals surface area contributed by atoms with E-state index in [-0.39, 0.29) is 5.78 Å². The van der Waals surface area contributed by atoms with Crippen molar-refractivity contribution in [1.82, 2.24) is 0 Å². The first-order valence-electron chi connectivity index (χ1n) is 5.95. The molecule has 0 aliphatic heterocycles. The van der Waals surface area contributed by atoms with Crippen LogP contribution in [-0.4, -0.2) is 12.9 Å². The van der Waals surface area contributed by atoms with Gasteiger partial charge in [-0.25, -0.2) is 0 Å². The summed E-state index contributed by atoms with van der Waals surface area (Å²) in [4.78, 5) is 11.9. The molecule has 3 heteroatoms. The van der Waals surface area contributed by atoms with Crippen molar-refractivity contribution in [3.8, 4) is 5.75 Å². The molecule has 0 saturated carbocycles. The first kappa shape index (κ1) is 12.4. The van der Waals surface area contributed by atoms with E-state index < -0.39 is 0 Å². The minimum absolute atomic E-state index is 0.191. The SMILES string of the molecule is COc1ccccc1CC(=O)CCc1ccco1. The molecule has 2 aromatic rings. The number of methoxy groups -OCH3 is 1. The summed E-state index contributed by atoms with van der Waals surface area (Å²) < 4.78 is 10.4. The molecule has 94 valence electrons. The Morgan fingerprint density at radius 2 is 2.06 bits per heavy atom. The zero-order valence-corrected chi connectivity index (χ0v) is 10.4. The highest BCUT2D eigenvalue weighted by atomic mass is 16.5. The Morgan fingerprint density at radius 3 is 2.78 bits per heavy atom. The number of benzene rings is 1. The van der Waals surface area contributed by atoms with E-state index in [0.29, 0.717) is 19.3 Å². The second kappa shape index (κ2) is 6.05. The van der Waals surface area contributed by atoms with Crippen LogP contribution in [0.5, 0.6) is 5.75 Å². The third-order valence-corrected chi connectivity index (χ3v) is 2.81. The van der Waals surface area contributed by atoms with Gasteiger partial charge < -0.3 is 9.15 Å². The molecule has 1 heterocycles. The molecule has 18 heavy (non-hydrogen) atoms. The quantitative estimate of drug-likeness (QED) is 0.784. The number of ketones is 1. The number of hydrogen-bond donors (Lipinski definition) is 0. The number of rotatable bonds is 6. The van der Waals surface area contributed by atoms with Crippen LogP contribution in [0.1, 0.15) is 17.7 Å². The van der Waals surface area contributed by atoms with Gasteiger partial charge in [0.25, 0.3) is 0 Å². The number of furan rings is 1. The van der Waals surface area contributed by atoms with E-state index in [0.717, 1.165) is 17.1 Å². The molecule has 0 fully saturated rings. The first-order chi connectivity index (χ1) is 8.79. The fraction of sp³-hybridized carbons (Fsp3) is 0.267. The molecular formula is C15H16O3. The van der Waals surface area contributed by atoms with Crippen LogP contribution in [0.3, 0.4) is 0 Å². The fourth-order valence-corrected chi connectivity index (χ4v) is 1.87. The normalized spacial score (nSPS) is 10.3. The van der Waals surface area contributed by atoms with Crippen LogP contribution >= 0.6 is 0 Å². The van der Waals surface area contributed by atoms with Crippen LogP contribution in [0.25, 0.3) is 0 Å². The Labute approximate surface area is 106 Å². The van der Waals surface area contributed by atoms with Gasteiger partial charge in [-0.1, -0.05) is 18.2 Å². The minimum Gasteiger partial charge on any atom is -0.496 e. The number of carbonyl (C=O) groups is 1. The molecule has 2 rings (SSSR count). The van der Waals surface area contributed by atoms with Crippen molar-refractivity contribution in [2.75, 3.05) is 7.11 Å². The monoisotopic (exact) mass is 244 g/mol. The predicted octanol–water partition coefficient (Wildman–Crippen LogP) is 3.03. The molecule has 0 aliphatic rings. The van der Waals surface area contributed by atoms with Crippen LogP contribution in [0.2, 0.25) is 0 Å². The van der Waals surface area contributed by atoms with Crippen molar-refractivity contribution >= 4 is 5.78 Å². The van der Waals surface area contributed by atoms with Gasteiger partial charge in [0.05, 0.1) is 13.4 Å². The van der Waals surface area contributed by atoms with Crippen molar-refractivity contribution in [3.05, 3.63) is 54.0 Å². The lowest BCUT2D eigenvalue weighted by Crippen LogP contribution is -2.05. The Balaban J connectivity index is 1.90. The highest BCUT2D eigenvalue weighted by Crippen LogP contribution is 2.18. The molecule has 0 N–H and O–H groups in total. The summed E-state index contributed by atoms with van der Waals surface area (Å²) in [5.74, 6) is 1.81. The molecule has 0 spiro atoms. The van der Waals surface area contributed by atoms with Crippen molar-refractivity contribution in [3.63, 3.8) is 0 Å². The summed E-state index contributed by atoms with van der Waals surface area (Å²) in [6.45, 7) is 0. The molecule has 0 aliphatic carbocycles. The zero-order valence-electron chi connectivity index (χ0n) is 10.4. The van der Waals surface area contributed by atoms with Gasteiger partial charge >= 0.3 is 0 Å². The minimum atomic E-state index is 0.191. The van der Waals surface area contributed by atoms with Crippen molar-refractivity contribution in [2.24, 2.45) is 0 Å². The number of Topliss-reactive ketones (excluding diaryl/α,β-unsaturated/α-hetero) is 1. The maximum absolute atomic E-state index is 11.9. The van der Waals surface area contributed by atoms with Crippen LogP contribution in [0, 0.1) is 0 Å². The molecule has 0 unspecified atom stereocenters. The zero-order chi connectivity index (χ0) is 12.8. The number of carbonyl (C=O) groups excluding carboxylic acids is 1. The van der Waals surface area contributed by atoms with Gasteiger partial charge in [0, 0.05) is 24.8 Å². The van der Waals surface area contributed by atoms with E-state index in [1.807, 2.05) is 36.4 Å². The summed E-state index contributed by atoms with van der Waals surface area (Å²) in [6, 6.07) is 11.3. The lowest BCUT2D eigenvalue weighted by Gasteiger charge is -2.06. The van der Waals surface area contributed by atoms with Crippen molar-refractivity contribution in [2.45, 2.75) is 19.3 Å². The van der Waals surface area contributed by atoms with Gasteiger partial charge in [0.1, 0.15) is 17.3 Å². The van der Waals surface area contributed by atoms with Gasteiger partial charge in [-0.3, -0.25) is 4.79 Å². The van der Waals surface area contributed by atoms with E-state index in [4.69, 9.17) is 9.15 Å². The van der Waals surface area contributed by atoms with Gasteiger partial charge in [0.2, 0.25) is 0 Å². The third kappa shape index (κ3) is 3.23. The maximum Gasteiger partial charge on any atom is 0.137 e. The summed E-state index contributed by atoms with van der Waals surface area (Å²) >= 11 is 0. The molecule has 1 aromatic carbocycles. The molecule has 0 radical (unpaired) electrons. The van der Waals surface area contributed by atoms with Gasteiger partial charge in [-0.15, -0.1) is 0 Å². The lowest BCUT2D eigenvalue weighted by molar-refractivity contribution is -0.118. The maximum atomic E-state index is 11.9. The van der Waals surface area contributed by atoms with E-state index >= 15 is 0 Å². The molecule has 3 nitrogen and oxygen atoms in total. The van der Waals surface area contributed by atoms with E-state index in [2.05, 4.69) is 0 Å². The summed E-state index contributed by atoms with van der Waals surface area (Å²) in [5, 5.41) is 0. The summed E-state index contributed by atoms with van der Waals surface area (Å²) in [6.07, 6.45) is 3.18. The average molecular weight is 244 g/mol. The molecule has 0 amide bonds. The second-order valence-corrected chi connectivity index (χ2v) is 4.11. The Kier molecular flexibility index (Phi) is 4.18. The molecule has 1 aromatic heterocycles. The van der Waals surface area contributed by atoms with E-state index in [1.54, 1.807) is 13.4 Å². The van der Waals surface area contributed by atoms with Crippen molar-refractivity contribution < 1.29 is 13.9 Å². The van der Waals surface area contributed by atoms with Gasteiger partial charge in [-0.05, 0) is 18.2 Å². The van der Waals surface area contributed by atoms with E-state index in [9.17, 15) is 4.79 Å². The molecule has 0 bridgehead atoms. The number of para-hydroxylation sites is 1. The largest absolute Gasteiger partial charge is 0.496 e. The molecule has 0 saturated heterocycles. The van der Waals surface area contributed by atoms with Crippen LogP contribution in [-0.2, 0) is 17.6 Å². The summed E-state index contributed by atoms with van der Waals surface area (Å²) in [5.41, 5.74) is 0.935. The van der Waals surface area contributed by atoms with Gasteiger partial charge in [0.15, 0.2) is 0 Å². The number of aryl methyl sites for hydroxylation is 1. The summed E-state index contributed by atoms with van der Waals surface area (Å²) in [7, 11) is 1.62. The number of hydrogen-bond acceptors (Lipinski definition) is 3. The fourth-order valence-electron chi connectivity index (χ4n) is 1.87. The third-order valence-electron chi connectivity index (χ3n) is 2.81. The van der Waals surface area contributed by atoms with Crippen LogP contribution in [0.15, 0.2) is 47.1 Å². The van der Waals surface area contributed by atoms with Gasteiger partial charge in [-0.2, -0.15) is 0 Å². The molecule has 0 atom stereocenters. The lowest BCUT2D eigenvalue weighted by atomic mass is 10.0. The Morgan fingerprint density at radius 1 is 1.22 bits per heavy atom. The Bertz CT molecular complexity index is 500. The van der Waals surface area contributed by atoms with E-state index in [1.165, 1.54) is 0 Å². The van der Waals surface area contributed by atoms with Crippen LogP contribution in [0.4, 0.5) is 0 Å². The highest BCUT2D eigenvalue weighted by molar-refractivity contribution is 5.81. The standard InChI is InChI=1S/C15H16O3/c1-17-15-7-3-2-5-12(15)11-13(16)8-9-14-6-4-10-18-14/h2-7,10H,8-9,11H2,1H3. The topological polar surface area (TPSA) is 39.4 Å². The number of ether oxygens (including phenoxy) is 1. The smallest absolute Gasteiger partial charge is 0.137 e. The average Bonchev–Trinajstić information content (AvgIpc) is 2.90. The first-order valence-corrected chi connectivity index (χ1v) is 5.95. The predicted molar refractivity (Wildman–Crippen MR) is 68.7 cm³/mol. The molecular weight excluding hydrogens is 228 g/mol. The highest BCUT2D eigenvalue weighted by Gasteiger charge is 2.09. The van der Waals surface area contributed by atoms with Crippen molar-refractivity contribution in [1.29, 1.82) is 0 Å². The second-order valence-electron chi connectivity index (χ2n) is 4.11. The Hall–Kier alpha value is -2.03.